The van der Waals surface area contributed by atoms with Gasteiger partial charge in [-0.25, -0.2) is 0 Å². The van der Waals surface area contributed by atoms with E-state index in [1.807, 2.05) is 20.8 Å². The molecule has 6 amide bonds. The first-order valence-corrected chi connectivity index (χ1v) is 14.9. The fourth-order valence-electron chi connectivity index (χ4n) is 4.12. The number of carbonyl (C=O) groups is 6. The van der Waals surface area contributed by atoms with E-state index in [4.69, 9.17) is 22.3 Å². The summed E-state index contributed by atoms with van der Waals surface area (Å²) < 4.78 is 0. The van der Waals surface area contributed by atoms with E-state index in [9.17, 15) is 28.8 Å². The molecule has 0 heterocycles. The molecule has 15 heteroatoms. The third-order valence-electron chi connectivity index (χ3n) is 6.96. The largest absolute Gasteiger partial charge is 0.394 e. The van der Waals surface area contributed by atoms with Crippen molar-refractivity contribution in [3.05, 3.63) is 0 Å². The van der Waals surface area contributed by atoms with Gasteiger partial charge in [0.2, 0.25) is 35.4 Å². The van der Waals surface area contributed by atoms with E-state index in [-0.39, 0.29) is 30.6 Å². The van der Waals surface area contributed by atoms with Crippen molar-refractivity contribution >= 4 is 35.4 Å². The molecule has 0 aliphatic heterocycles. The second-order valence-electron chi connectivity index (χ2n) is 11.6. The van der Waals surface area contributed by atoms with Gasteiger partial charge in [0.1, 0.15) is 30.2 Å². The molecule has 0 fully saturated rings. The molecule has 0 saturated carbocycles. The average molecular weight is 615 g/mol. The van der Waals surface area contributed by atoms with Crippen molar-refractivity contribution in [2.75, 3.05) is 19.7 Å². The Morgan fingerprint density at radius 1 is 0.767 bits per heavy atom. The Labute approximate surface area is 254 Å². The number of hydrogen-bond acceptors (Lipinski definition) is 9. The van der Waals surface area contributed by atoms with Crippen molar-refractivity contribution in [1.29, 1.82) is 0 Å². The van der Waals surface area contributed by atoms with Crippen molar-refractivity contribution in [3.63, 3.8) is 0 Å². The lowest BCUT2D eigenvalue weighted by Crippen LogP contribution is -2.58. The maximum Gasteiger partial charge on any atom is 0.243 e. The molecule has 0 bridgehead atoms. The highest BCUT2D eigenvalue weighted by Crippen LogP contribution is 2.11. The smallest absolute Gasteiger partial charge is 0.243 e. The zero-order valence-corrected chi connectivity index (χ0v) is 26.4. The van der Waals surface area contributed by atoms with E-state index < -0.39 is 78.8 Å². The monoisotopic (exact) mass is 614 g/mol. The first kappa shape index (κ1) is 39.7. The second-order valence-corrected chi connectivity index (χ2v) is 11.6. The van der Waals surface area contributed by atoms with Gasteiger partial charge in [-0.05, 0) is 50.0 Å². The molecule has 0 unspecified atom stereocenters. The van der Waals surface area contributed by atoms with Crippen LogP contribution in [-0.4, -0.2) is 90.5 Å². The first-order chi connectivity index (χ1) is 20.1. The summed E-state index contributed by atoms with van der Waals surface area (Å²) in [6, 6.07) is -5.16. The summed E-state index contributed by atoms with van der Waals surface area (Å²) in [6.07, 6.45) is 2.17. The molecule has 43 heavy (non-hydrogen) atoms. The van der Waals surface area contributed by atoms with Crippen LogP contribution >= 0.6 is 0 Å². The standard InChI is InChI=1S/C28H54N8O7/c1-7-17(6)23(36-27(42)20(12-15(2)3)34-25(40)18(30)14-37)28(43)32-13-21(38)33-19(10-8-9-11-29)26(41)35-22(16(4)5)24(31)39/h15-20,22-23,37H,7-14,29-30H2,1-6H3,(H2,31,39)(H,32,43)(H,33,38)(H,34,40)(H,35,41)(H,36,42)/t17-,18-,19-,20-,22-,23-/m0/s1. The number of unbranched alkanes of at least 4 members (excludes halogenated alkanes) is 1. The molecule has 0 rings (SSSR count). The topological polar surface area (TPSA) is 261 Å². The van der Waals surface area contributed by atoms with Gasteiger partial charge in [-0.3, -0.25) is 28.8 Å². The number of primary amides is 1. The van der Waals surface area contributed by atoms with Crippen LogP contribution in [-0.2, 0) is 28.8 Å². The van der Waals surface area contributed by atoms with Gasteiger partial charge in [0.05, 0.1) is 13.2 Å². The number of nitrogens with one attached hydrogen (secondary N) is 5. The Morgan fingerprint density at radius 2 is 1.35 bits per heavy atom. The van der Waals surface area contributed by atoms with Crippen LogP contribution in [0.5, 0.6) is 0 Å². The Kier molecular flexibility index (Phi) is 19.0. The third-order valence-corrected chi connectivity index (χ3v) is 6.96. The maximum atomic E-state index is 13.2. The highest BCUT2D eigenvalue weighted by molar-refractivity contribution is 5.95. The molecule has 0 aromatic rings. The fourth-order valence-corrected chi connectivity index (χ4v) is 4.12. The number of rotatable bonds is 21. The lowest BCUT2D eigenvalue weighted by atomic mass is 9.96. The molecule has 0 aromatic carbocycles. The van der Waals surface area contributed by atoms with Gasteiger partial charge in [-0.15, -0.1) is 0 Å². The molecule has 12 N–H and O–H groups in total. The Balaban J connectivity index is 5.55. The van der Waals surface area contributed by atoms with Crippen LogP contribution in [0, 0.1) is 17.8 Å². The van der Waals surface area contributed by atoms with Gasteiger partial charge in [0.15, 0.2) is 0 Å². The van der Waals surface area contributed by atoms with Crippen LogP contribution in [0.3, 0.4) is 0 Å². The second kappa shape index (κ2) is 20.6. The molecular weight excluding hydrogens is 560 g/mol. The van der Waals surface area contributed by atoms with Crippen LogP contribution in [0.2, 0.25) is 0 Å². The van der Waals surface area contributed by atoms with Crippen LogP contribution in [0.4, 0.5) is 0 Å². The van der Waals surface area contributed by atoms with Gasteiger partial charge in [0.25, 0.3) is 0 Å². The van der Waals surface area contributed by atoms with Gasteiger partial charge in [-0.1, -0.05) is 48.0 Å². The lowest BCUT2D eigenvalue weighted by Gasteiger charge is -2.27. The number of aliphatic hydroxyl groups excluding tert-OH is 1. The van der Waals surface area contributed by atoms with Crippen molar-refractivity contribution in [1.82, 2.24) is 26.6 Å². The van der Waals surface area contributed by atoms with E-state index in [1.54, 1.807) is 20.8 Å². The van der Waals surface area contributed by atoms with Crippen LogP contribution in [0.15, 0.2) is 0 Å². The minimum absolute atomic E-state index is 0.00904. The summed E-state index contributed by atoms with van der Waals surface area (Å²) in [6.45, 7) is 10.1. The molecule has 0 saturated heterocycles. The molecule has 0 aliphatic carbocycles. The maximum absolute atomic E-state index is 13.2. The van der Waals surface area contributed by atoms with Crippen molar-refractivity contribution < 1.29 is 33.9 Å². The van der Waals surface area contributed by atoms with Gasteiger partial charge < -0.3 is 48.9 Å². The molecule has 248 valence electrons. The minimum Gasteiger partial charge on any atom is -0.394 e. The Bertz CT molecular complexity index is 931. The molecule has 0 radical (unpaired) electrons. The predicted molar refractivity (Wildman–Crippen MR) is 162 cm³/mol. The zero-order valence-electron chi connectivity index (χ0n) is 26.4. The number of aliphatic hydroxyl groups is 1. The molecule has 15 nitrogen and oxygen atoms in total. The molecule has 6 atom stereocenters. The van der Waals surface area contributed by atoms with Crippen LogP contribution in [0.25, 0.3) is 0 Å². The molecule has 0 aliphatic rings. The molecule has 0 spiro atoms. The first-order valence-electron chi connectivity index (χ1n) is 14.9. The summed E-state index contributed by atoms with van der Waals surface area (Å²) >= 11 is 0. The number of nitrogens with two attached hydrogens (primary N) is 3. The van der Waals surface area contributed by atoms with Gasteiger partial charge in [0, 0.05) is 0 Å². The van der Waals surface area contributed by atoms with Crippen LogP contribution < -0.4 is 43.8 Å². The van der Waals surface area contributed by atoms with E-state index >= 15 is 0 Å². The fraction of sp³-hybridized carbons (Fsp3) is 0.786. The summed E-state index contributed by atoms with van der Waals surface area (Å²) in [5.74, 6) is -4.48. The highest BCUT2D eigenvalue weighted by Gasteiger charge is 2.32. The van der Waals surface area contributed by atoms with Crippen molar-refractivity contribution in [2.24, 2.45) is 35.0 Å². The summed E-state index contributed by atoms with van der Waals surface area (Å²) in [5.41, 5.74) is 16.5. The number of carbonyl (C=O) groups excluding carboxylic acids is 6. The summed E-state index contributed by atoms with van der Waals surface area (Å²) in [4.78, 5) is 76.0. The van der Waals surface area contributed by atoms with E-state index in [1.165, 1.54) is 0 Å². The zero-order chi connectivity index (χ0) is 33.3. The lowest BCUT2D eigenvalue weighted by molar-refractivity contribution is -0.134. The van der Waals surface area contributed by atoms with E-state index in [2.05, 4.69) is 26.6 Å². The third kappa shape index (κ3) is 15.1. The molecule has 0 aromatic heterocycles. The molecular formula is C28H54N8O7. The van der Waals surface area contributed by atoms with Crippen molar-refractivity contribution in [2.45, 2.75) is 104 Å². The van der Waals surface area contributed by atoms with Gasteiger partial charge >= 0.3 is 0 Å². The SMILES string of the molecule is CC[C@H](C)[C@H](NC(=O)[C@H](CC(C)C)NC(=O)[C@@H](N)CO)C(=O)NCC(=O)N[C@@H](CCCCN)C(=O)N[C@H](C(N)=O)C(C)C. The summed E-state index contributed by atoms with van der Waals surface area (Å²) in [5, 5.41) is 22.0. The number of amides is 6. The number of hydrogen-bond donors (Lipinski definition) is 9. The summed E-state index contributed by atoms with van der Waals surface area (Å²) in [7, 11) is 0. The normalized spacial score (nSPS) is 15.4. The van der Waals surface area contributed by atoms with Gasteiger partial charge in [-0.2, -0.15) is 0 Å². The Hall–Kier alpha value is -3.30. The van der Waals surface area contributed by atoms with E-state index in [0.29, 0.717) is 25.8 Å². The van der Waals surface area contributed by atoms with Crippen LogP contribution in [0.1, 0.15) is 73.6 Å². The predicted octanol–water partition coefficient (Wildman–Crippen LogP) is -2.28. The average Bonchev–Trinajstić information content (AvgIpc) is 2.94. The van der Waals surface area contributed by atoms with Crippen molar-refractivity contribution in [3.8, 4) is 0 Å². The quantitative estimate of drug-likeness (QED) is 0.0630. The van der Waals surface area contributed by atoms with E-state index in [0.717, 1.165) is 0 Å². The highest BCUT2D eigenvalue weighted by atomic mass is 16.3. The minimum atomic E-state index is -1.21. The Morgan fingerprint density at radius 3 is 1.84 bits per heavy atom.